The largest absolute Gasteiger partial charge is 0.497 e. The van der Waals surface area contributed by atoms with Crippen LogP contribution in [0.2, 0.25) is 0 Å². The van der Waals surface area contributed by atoms with E-state index in [9.17, 15) is 4.79 Å². The predicted molar refractivity (Wildman–Crippen MR) is 105 cm³/mol. The maximum atomic E-state index is 13.1. The summed E-state index contributed by atoms with van der Waals surface area (Å²) in [5.74, 6) is 2.27. The molecule has 1 saturated heterocycles. The number of nitrogens with zero attached hydrogens (tertiary/aromatic N) is 4. The first-order chi connectivity index (χ1) is 14.1. The fourth-order valence-corrected chi connectivity index (χ4v) is 3.60. The highest BCUT2D eigenvalue weighted by molar-refractivity contribution is 5.97. The predicted octanol–water partition coefficient (Wildman–Crippen LogP) is 3.02. The molecule has 1 aliphatic rings. The lowest BCUT2D eigenvalue weighted by Crippen LogP contribution is -2.29. The quantitative estimate of drug-likeness (QED) is 0.657. The van der Waals surface area contributed by atoms with E-state index < -0.39 is 0 Å². The zero-order valence-electron chi connectivity index (χ0n) is 16.5. The molecular formula is C21H22N4O4. The number of carbonyl (C=O) groups excluding carboxylic acids is 1. The summed E-state index contributed by atoms with van der Waals surface area (Å²) < 4.78 is 16.1. The molecule has 150 valence electrons. The minimum absolute atomic E-state index is 0.0220. The van der Waals surface area contributed by atoms with Gasteiger partial charge in [0.05, 0.1) is 25.7 Å². The van der Waals surface area contributed by atoms with Gasteiger partial charge in [0.25, 0.3) is 5.91 Å². The van der Waals surface area contributed by atoms with E-state index >= 15 is 0 Å². The van der Waals surface area contributed by atoms with Crippen molar-refractivity contribution >= 4 is 5.91 Å². The maximum Gasteiger partial charge on any atom is 0.257 e. The van der Waals surface area contributed by atoms with Gasteiger partial charge in [-0.1, -0.05) is 12.1 Å². The lowest BCUT2D eigenvalue weighted by molar-refractivity contribution is 0.0782. The highest BCUT2D eigenvalue weighted by Crippen LogP contribution is 2.34. The molecule has 0 unspecified atom stereocenters. The molecule has 8 nitrogen and oxygen atoms in total. The number of carbonyl (C=O) groups is 1. The molecule has 2 aromatic heterocycles. The molecule has 2 atom stereocenters. The smallest absolute Gasteiger partial charge is 0.257 e. The van der Waals surface area contributed by atoms with Crippen LogP contribution in [-0.4, -0.2) is 53.2 Å². The summed E-state index contributed by atoms with van der Waals surface area (Å²) in [6.45, 7) is 3.19. The van der Waals surface area contributed by atoms with Crippen molar-refractivity contribution in [2.75, 3.05) is 27.3 Å². The van der Waals surface area contributed by atoms with E-state index in [1.165, 1.54) is 0 Å². The number of ether oxygens (including phenoxy) is 2. The van der Waals surface area contributed by atoms with Gasteiger partial charge in [0.1, 0.15) is 11.5 Å². The van der Waals surface area contributed by atoms with Crippen LogP contribution in [0.4, 0.5) is 0 Å². The van der Waals surface area contributed by atoms with Crippen LogP contribution in [0.25, 0.3) is 11.4 Å². The van der Waals surface area contributed by atoms with Gasteiger partial charge >= 0.3 is 0 Å². The molecule has 4 rings (SSSR count). The minimum atomic E-state index is -0.0901. The molecular weight excluding hydrogens is 372 g/mol. The van der Waals surface area contributed by atoms with Crippen LogP contribution in [0, 0.1) is 5.92 Å². The van der Waals surface area contributed by atoms with Crippen LogP contribution in [-0.2, 0) is 0 Å². The van der Waals surface area contributed by atoms with Crippen molar-refractivity contribution in [2.24, 2.45) is 5.92 Å². The Kier molecular flexibility index (Phi) is 5.16. The number of benzene rings is 1. The molecule has 29 heavy (non-hydrogen) atoms. The Morgan fingerprint density at radius 3 is 2.66 bits per heavy atom. The molecule has 0 saturated carbocycles. The Morgan fingerprint density at radius 2 is 1.93 bits per heavy atom. The number of amides is 1. The Labute approximate surface area is 168 Å². The topological polar surface area (TPSA) is 90.6 Å². The average Bonchev–Trinajstić information content (AvgIpc) is 3.40. The van der Waals surface area contributed by atoms with E-state index in [1.807, 2.05) is 12.1 Å². The Bertz CT molecular complexity index is 1000. The molecule has 8 heteroatoms. The number of aromatic nitrogens is 3. The molecule has 0 N–H and O–H groups in total. The third-order valence-electron chi connectivity index (χ3n) is 5.24. The standard InChI is InChI=1S/C21H22N4O4/c1-13-11-25(21(26)16-5-4-15(27-2)10-18(16)28-3)12-17(13)20-23-19(24-29-20)14-6-8-22-9-7-14/h4-10,13,17H,11-12H2,1-3H3/t13-,17-/m0/s1. The number of hydrogen-bond donors (Lipinski definition) is 0. The second-order valence-corrected chi connectivity index (χ2v) is 7.05. The van der Waals surface area contributed by atoms with Crippen LogP contribution >= 0.6 is 0 Å². The van der Waals surface area contributed by atoms with Gasteiger partial charge in [0.2, 0.25) is 11.7 Å². The molecule has 3 aromatic rings. The first kappa shape index (κ1) is 18.9. The number of methoxy groups -OCH3 is 2. The summed E-state index contributed by atoms with van der Waals surface area (Å²) in [6.07, 6.45) is 3.37. The molecule has 0 spiro atoms. The second kappa shape index (κ2) is 7.90. The second-order valence-electron chi connectivity index (χ2n) is 7.05. The molecule has 1 amide bonds. The van der Waals surface area contributed by atoms with Gasteiger partial charge in [-0.05, 0) is 30.2 Å². The summed E-state index contributed by atoms with van der Waals surface area (Å²) in [6, 6.07) is 8.86. The molecule has 1 fully saturated rings. The van der Waals surface area contributed by atoms with Gasteiger partial charge < -0.3 is 18.9 Å². The fourth-order valence-electron chi connectivity index (χ4n) is 3.60. The Hall–Kier alpha value is -3.42. The zero-order valence-corrected chi connectivity index (χ0v) is 16.5. The van der Waals surface area contributed by atoms with Crippen molar-refractivity contribution in [3.05, 3.63) is 54.2 Å². The van der Waals surface area contributed by atoms with Crippen molar-refractivity contribution in [1.29, 1.82) is 0 Å². The first-order valence-corrected chi connectivity index (χ1v) is 9.36. The van der Waals surface area contributed by atoms with Crippen molar-refractivity contribution < 1.29 is 18.8 Å². The average molecular weight is 394 g/mol. The van der Waals surface area contributed by atoms with Crippen LogP contribution in [0.15, 0.2) is 47.2 Å². The fraction of sp³-hybridized carbons (Fsp3) is 0.333. The number of hydrogen-bond acceptors (Lipinski definition) is 7. The van der Waals surface area contributed by atoms with Gasteiger partial charge in [-0.15, -0.1) is 0 Å². The van der Waals surface area contributed by atoms with E-state index in [1.54, 1.807) is 49.7 Å². The first-order valence-electron chi connectivity index (χ1n) is 9.36. The summed E-state index contributed by atoms with van der Waals surface area (Å²) in [5, 5.41) is 4.09. The van der Waals surface area contributed by atoms with Gasteiger partial charge in [0, 0.05) is 37.1 Å². The highest BCUT2D eigenvalue weighted by Gasteiger charge is 2.38. The molecule has 1 aromatic carbocycles. The number of rotatable bonds is 5. The van der Waals surface area contributed by atoms with Gasteiger partial charge in [0.15, 0.2) is 0 Å². The van der Waals surface area contributed by atoms with E-state index in [2.05, 4.69) is 22.0 Å². The number of likely N-dealkylation sites (tertiary alicyclic amines) is 1. The summed E-state index contributed by atoms with van der Waals surface area (Å²) in [5.41, 5.74) is 1.35. The Morgan fingerprint density at radius 1 is 1.14 bits per heavy atom. The maximum absolute atomic E-state index is 13.1. The van der Waals surface area contributed by atoms with Crippen LogP contribution in [0.5, 0.6) is 11.5 Å². The molecule has 3 heterocycles. The molecule has 0 aliphatic carbocycles. The molecule has 0 radical (unpaired) electrons. The van der Waals surface area contributed by atoms with Crippen molar-refractivity contribution in [3.8, 4) is 22.9 Å². The van der Waals surface area contributed by atoms with Crippen LogP contribution < -0.4 is 9.47 Å². The van der Waals surface area contributed by atoms with Crippen molar-refractivity contribution in [2.45, 2.75) is 12.8 Å². The lowest BCUT2D eigenvalue weighted by Gasteiger charge is -2.18. The lowest BCUT2D eigenvalue weighted by atomic mass is 9.98. The van der Waals surface area contributed by atoms with E-state index in [-0.39, 0.29) is 17.7 Å². The zero-order chi connectivity index (χ0) is 20.4. The van der Waals surface area contributed by atoms with Gasteiger partial charge in [-0.2, -0.15) is 4.98 Å². The summed E-state index contributed by atoms with van der Waals surface area (Å²) in [4.78, 5) is 23.5. The minimum Gasteiger partial charge on any atom is -0.497 e. The van der Waals surface area contributed by atoms with E-state index in [4.69, 9.17) is 14.0 Å². The SMILES string of the molecule is COc1ccc(C(=O)N2C[C@H](c3nc(-c4ccncc4)no3)[C@@H](C)C2)c(OC)c1. The van der Waals surface area contributed by atoms with Crippen LogP contribution in [0.1, 0.15) is 29.1 Å². The third-order valence-corrected chi connectivity index (χ3v) is 5.24. The molecule has 0 bridgehead atoms. The van der Waals surface area contributed by atoms with E-state index in [0.29, 0.717) is 41.9 Å². The van der Waals surface area contributed by atoms with Crippen molar-refractivity contribution in [3.63, 3.8) is 0 Å². The summed E-state index contributed by atoms with van der Waals surface area (Å²) >= 11 is 0. The van der Waals surface area contributed by atoms with Crippen LogP contribution in [0.3, 0.4) is 0 Å². The van der Waals surface area contributed by atoms with Crippen molar-refractivity contribution in [1.82, 2.24) is 20.0 Å². The van der Waals surface area contributed by atoms with E-state index in [0.717, 1.165) is 5.56 Å². The van der Waals surface area contributed by atoms with Gasteiger partial charge in [-0.25, -0.2) is 0 Å². The summed E-state index contributed by atoms with van der Waals surface area (Å²) in [7, 11) is 3.12. The molecule has 1 aliphatic heterocycles. The monoisotopic (exact) mass is 394 g/mol. The normalized spacial score (nSPS) is 18.7. The third kappa shape index (κ3) is 3.65. The van der Waals surface area contributed by atoms with Gasteiger partial charge in [-0.3, -0.25) is 9.78 Å². The Balaban J connectivity index is 1.53. The number of pyridine rings is 1. The highest BCUT2D eigenvalue weighted by atomic mass is 16.5.